The highest BCUT2D eigenvalue weighted by Gasteiger charge is 2.18. The molecule has 0 radical (unpaired) electrons. The van der Waals surface area contributed by atoms with E-state index >= 15 is 0 Å². The predicted molar refractivity (Wildman–Crippen MR) is 91.1 cm³/mol. The second kappa shape index (κ2) is 6.16. The van der Waals surface area contributed by atoms with Crippen LogP contribution in [0.5, 0.6) is 0 Å². The van der Waals surface area contributed by atoms with Gasteiger partial charge in [-0.3, -0.25) is 14.0 Å². The molecular weight excluding hydrogens is 329 g/mol. The summed E-state index contributed by atoms with van der Waals surface area (Å²) in [6.45, 7) is 5.50. The van der Waals surface area contributed by atoms with Gasteiger partial charge in [-0.1, -0.05) is 12.1 Å². The maximum absolute atomic E-state index is 13.0. The van der Waals surface area contributed by atoms with Gasteiger partial charge >= 0.3 is 0 Å². The fourth-order valence-corrected chi connectivity index (χ4v) is 3.37. The maximum atomic E-state index is 13.0. The second-order valence-electron chi connectivity index (χ2n) is 5.59. The summed E-state index contributed by atoms with van der Waals surface area (Å²) >= 11 is 1.41. The average Bonchev–Trinajstić information content (AvgIpc) is 2.83. The van der Waals surface area contributed by atoms with Crippen LogP contribution in [0.1, 0.15) is 39.5 Å². The number of halogens is 1. The van der Waals surface area contributed by atoms with Crippen LogP contribution in [0.15, 0.2) is 35.3 Å². The fourth-order valence-electron chi connectivity index (χ4n) is 2.44. The highest BCUT2D eigenvalue weighted by molar-refractivity contribution is 7.17. The van der Waals surface area contributed by atoms with Crippen molar-refractivity contribution in [3.05, 3.63) is 68.3 Å². The van der Waals surface area contributed by atoms with Gasteiger partial charge in [0.25, 0.3) is 11.5 Å². The topological polar surface area (TPSA) is 63.5 Å². The van der Waals surface area contributed by atoms with Crippen molar-refractivity contribution >= 4 is 22.2 Å². The molecule has 24 heavy (non-hydrogen) atoms. The monoisotopic (exact) mass is 345 g/mol. The number of carbonyl (C=O) groups excluding carboxylic acids is 1. The van der Waals surface area contributed by atoms with Gasteiger partial charge in [0.15, 0.2) is 4.96 Å². The lowest BCUT2D eigenvalue weighted by Gasteiger charge is -2.14. The third kappa shape index (κ3) is 2.82. The number of benzene rings is 1. The number of thiazole rings is 1. The molecule has 0 spiro atoms. The Morgan fingerprint density at radius 2 is 1.96 bits per heavy atom. The van der Waals surface area contributed by atoms with Crippen LogP contribution in [-0.2, 0) is 0 Å². The van der Waals surface area contributed by atoms with E-state index in [1.807, 2.05) is 13.8 Å². The Morgan fingerprint density at radius 3 is 2.62 bits per heavy atom. The van der Waals surface area contributed by atoms with E-state index in [0.29, 0.717) is 4.96 Å². The lowest BCUT2D eigenvalue weighted by molar-refractivity contribution is 0.0938. The summed E-state index contributed by atoms with van der Waals surface area (Å²) in [7, 11) is 0. The van der Waals surface area contributed by atoms with E-state index in [9.17, 15) is 14.0 Å². The summed E-state index contributed by atoms with van der Waals surface area (Å²) in [4.78, 5) is 30.8. The minimum Gasteiger partial charge on any atom is -0.345 e. The van der Waals surface area contributed by atoms with Gasteiger partial charge in [-0.2, -0.15) is 0 Å². The van der Waals surface area contributed by atoms with Gasteiger partial charge in [-0.15, -0.1) is 11.3 Å². The molecule has 124 valence electrons. The first kappa shape index (κ1) is 16.3. The number of nitrogens with one attached hydrogen (secondary N) is 1. The molecule has 2 aromatic heterocycles. The molecule has 5 nitrogen and oxygen atoms in total. The smallest absolute Gasteiger partial charge is 0.271 e. The van der Waals surface area contributed by atoms with Crippen molar-refractivity contribution < 1.29 is 9.18 Å². The van der Waals surface area contributed by atoms with Crippen molar-refractivity contribution in [2.24, 2.45) is 0 Å². The maximum Gasteiger partial charge on any atom is 0.271 e. The zero-order valence-corrected chi connectivity index (χ0v) is 14.3. The van der Waals surface area contributed by atoms with Crippen LogP contribution in [0.4, 0.5) is 4.39 Å². The predicted octanol–water partition coefficient (Wildman–Crippen LogP) is 3.00. The van der Waals surface area contributed by atoms with Gasteiger partial charge in [-0.05, 0) is 38.5 Å². The molecule has 1 unspecified atom stereocenters. The Balaban J connectivity index is 1.91. The lowest BCUT2D eigenvalue weighted by atomic mass is 10.1. The van der Waals surface area contributed by atoms with Gasteiger partial charge in [-0.25, -0.2) is 9.37 Å². The Labute approximate surface area is 141 Å². The van der Waals surface area contributed by atoms with Crippen LogP contribution >= 0.6 is 11.3 Å². The van der Waals surface area contributed by atoms with Crippen LogP contribution in [0.2, 0.25) is 0 Å². The van der Waals surface area contributed by atoms with Crippen LogP contribution in [0, 0.1) is 19.7 Å². The number of hydrogen-bond donors (Lipinski definition) is 1. The Morgan fingerprint density at radius 1 is 1.29 bits per heavy atom. The molecule has 0 fully saturated rings. The second-order valence-corrected chi connectivity index (χ2v) is 6.77. The van der Waals surface area contributed by atoms with E-state index in [-0.39, 0.29) is 23.0 Å². The van der Waals surface area contributed by atoms with Gasteiger partial charge in [0.2, 0.25) is 0 Å². The minimum absolute atomic E-state index is 0.0117. The summed E-state index contributed by atoms with van der Waals surface area (Å²) in [6.07, 6.45) is 1.31. The van der Waals surface area contributed by atoms with Crippen molar-refractivity contribution in [2.45, 2.75) is 26.8 Å². The van der Waals surface area contributed by atoms with Gasteiger partial charge < -0.3 is 5.32 Å². The third-order valence-electron chi connectivity index (χ3n) is 3.98. The Hall–Kier alpha value is -2.54. The highest BCUT2D eigenvalue weighted by Crippen LogP contribution is 2.18. The summed E-state index contributed by atoms with van der Waals surface area (Å²) < 4.78 is 14.4. The van der Waals surface area contributed by atoms with Gasteiger partial charge in [0, 0.05) is 16.8 Å². The summed E-state index contributed by atoms with van der Waals surface area (Å²) in [6, 6.07) is 5.50. The number of nitrogens with zero attached hydrogens (tertiary/aromatic N) is 2. The highest BCUT2D eigenvalue weighted by atomic mass is 32.1. The molecule has 2 heterocycles. The molecule has 0 aliphatic carbocycles. The largest absolute Gasteiger partial charge is 0.345 e. The van der Waals surface area contributed by atoms with E-state index in [0.717, 1.165) is 16.1 Å². The molecule has 0 bridgehead atoms. The zero-order valence-electron chi connectivity index (χ0n) is 13.5. The first-order chi connectivity index (χ1) is 11.4. The van der Waals surface area contributed by atoms with Crippen molar-refractivity contribution in [2.75, 3.05) is 0 Å². The molecule has 1 amide bonds. The summed E-state index contributed by atoms with van der Waals surface area (Å²) in [5, 5.41) is 2.75. The average molecular weight is 345 g/mol. The normalized spacial score (nSPS) is 12.3. The molecule has 0 saturated heterocycles. The lowest BCUT2D eigenvalue weighted by Crippen LogP contribution is -2.33. The number of aryl methyl sites for hydroxylation is 2. The zero-order chi connectivity index (χ0) is 17.4. The number of amides is 1. The Kier molecular flexibility index (Phi) is 4.19. The van der Waals surface area contributed by atoms with Crippen molar-refractivity contribution in [3.8, 4) is 0 Å². The number of hydrogen-bond acceptors (Lipinski definition) is 4. The van der Waals surface area contributed by atoms with E-state index in [1.54, 1.807) is 19.1 Å². The number of aromatic nitrogens is 2. The molecule has 0 saturated carbocycles. The molecule has 0 aliphatic rings. The minimum atomic E-state index is -0.498. The SMILES string of the molecule is Cc1sc2ncc(C(=O)NC(C)c3ccc(F)cc3)c(=O)n2c1C. The molecule has 1 aromatic carbocycles. The number of fused-ring (bicyclic) bond motifs is 1. The van der Waals surface area contributed by atoms with Crippen molar-refractivity contribution in [1.29, 1.82) is 0 Å². The molecule has 1 N–H and O–H groups in total. The van der Waals surface area contributed by atoms with E-state index in [4.69, 9.17) is 0 Å². The first-order valence-electron chi connectivity index (χ1n) is 7.42. The van der Waals surface area contributed by atoms with Gasteiger partial charge in [0.05, 0.1) is 6.04 Å². The van der Waals surface area contributed by atoms with Crippen molar-refractivity contribution in [3.63, 3.8) is 0 Å². The molecule has 3 rings (SSSR count). The quantitative estimate of drug-likeness (QED) is 0.794. The van der Waals surface area contributed by atoms with Crippen molar-refractivity contribution in [1.82, 2.24) is 14.7 Å². The van der Waals surface area contributed by atoms with Crippen LogP contribution in [-0.4, -0.2) is 15.3 Å². The van der Waals surface area contributed by atoms with E-state index in [2.05, 4.69) is 10.3 Å². The van der Waals surface area contributed by atoms with E-state index in [1.165, 1.54) is 34.1 Å². The molecular formula is C17H16FN3O2S. The van der Waals surface area contributed by atoms with E-state index < -0.39 is 5.91 Å². The van der Waals surface area contributed by atoms with Gasteiger partial charge in [0.1, 0.15) is 11.4 Å². The molecule has 3 aromatic rings. The Bertz CT molecular complexity index is 976. The molecule has 7 heteroatoms. The van der Waals surface area contributed by atoms with Crippen LogP contribution in [0.25, 0.3) is 4.96 Å². The number of rotatable bonds is 3. The molecule has 1 atom stereocenters. The van der Waals surface area contributed by atoms with Crippen LogP contribution in [0.3, 0.4) is 0 Å². The standard InChI is InChI=1S/C17H16FN3O2S/c1-9(12-4-6-13(18)7-5-12)20-15(22)14-8-19-17-21(16(14)23)10(2)11(3)24-17/h4-9H,1-3H3,(H,20,22). The first-order valence-corrected chi connectivity index (χ1v) is 8.24. The summed E-state index contributed by atoms with van der Waals surface area (Å²) in [5.74, 6) is -0.838. The summed E-state index contributed by atoms with van der Waals surface area (Å²) in [5.41, 5.74) is 1.14. The van der Waals surface area contributed by atoms with Crippen LogP contribution < -0.4 is 10.9 Å². The molecule has 0 aliphatic heterocycles. The fraction of sp³-hybridized carbons (Fsp3) is 0.235. The number of carbonyl (C=O) groups is 1. The third-order valence-corrected chi connectivity index (χ3v) is 5.05.